The molecule has 0 aliphatic carbocycles. The molecule has 0 saturated heterocycles. The number of ketones is 1. The first-order valence-corrected chi connectivity index (χ1v) is 6.74. The first-order chi connectivity index (χ1) is 9.13. The molecule has 1 atom stereocenters. The number of nitrogen functional groups attached to an aromatic ring is 1. The van der Waals surface area contributed by atoms with E-state index in [1.54, 1.807) is 4.40 Å². The van der Waals surface area contributed by atoms with Crippen LogP contribution >= 0.6 is 0 Å². The van der Waals surface area contributed by atoms with Gasteiger partial charge < -0.3 is 5.73 Å². The Bertz CT molecular complexity index is 547. The summed E-state index contributed by atoms with van der Waals surface area (Å²) in [6.07, 6.45) is 1.09. The molecule has 0 aliphatic rings. The molecule has 0 radical (unpaired) electrons. The lowest BCUT2D eigenvalue weighted by atomic mass is 9.99. The fraction of sp³-hybridized carbons (Fsp3) is 0.500. The van der Waals surface area contributed by atoms with Crippen molar-refractivity contribution in [3.05, 3.63) is 23.9 Å². The molecule has 2 heterocycles. The molecule has 0 spiro atoms. The highest BCUT2D eigenvalue weighted by Crippen LogP contribution is 2.22. The lowest BCUT2D eigenvalue weighted by molar-refractivity contribution is -0.119. The van der Waals surface area contributed by atoms with Crippen molar-refractivity contribution < 1.29 is 4.79 Å². The number of pyridine rings is 1. The fourth-order valence-corrected chi connectivity index (χ4v) is 1.96. The predicted molar refractivity (Wildman–Crippen MR) is 77.1 cm³/mol. The Kier molecular flexibility index (Phi) is 5.48. The van der Waals surface area contributed by atoms with Crippen molar-refractivity contribution in [3.63, 3.8) is 0 Å². The van der Waals surface area contributed by atoms with E-state index >= 15 is 0 Å². The highest BCUT2D eigenvalue weighted by molar-refractivity contribution is 5.78. The van der Waals surface area contributed by atoms with Gasteiger partial charge in [0.25, 0.3) is 0 Å². The summed E-state index contributed by atoms with van der Waals surface area (Å²) in [5, 5.41) is 7.81. The standard InChI is InChI=1S/C12H16N4O.C2H6/c1-3-9(17)7-8(2)10-5-4-6-11-14-15-12(13)16(10)11;1-2/h4-6,8H,3,7H2,1-2H3,(H2,13,15);1-2H3. The van der Waals surface area contributed by atoms with Gasteiger partial charge in [0.1, 0.15) is 5.78 Å². The average molecular weight is 262 g/mol. The van der Waals surface area contributed by atoms with Gasteiger partial charge in [-0.2, -0.15) is 0 Å². The minimum atomic E-state index is 0.115. The fourth-order valence-electron chi connectivity index (χ4n) is 1.96. The largest absolute Gasteiger partial charge is 0.368 e. The number of fused-ring (bicyclic) bond motifs is 1. The summed E-state index contributed by atoms with van der Waals surface area (Å²) in [6, 6.07) is 5.72. The molecule has 0 amide bonds. The van der Waals surface area contributed by atoms with E-state index in [9.17, 15) is 4.79 Å². The predicted octanol–water partition coefficient (Wildman–Crippen LogP) is 2.81. The van der Waals surface area contributed by atoms with Gasteiger partial charge in [-0.25, -0.2) is 0 Å². The lowest BCUT2D eigenvalue weighted by Crippen LogP contribution is -2.08. The number of Topliss-reactive ketones (excluding diaryl/α,β-unsaturated/α-hetero) is 1. The van der Waals surface area contributed by atoms with Crippen LogP contribution in [0.4, 0.5) is 5.95 Å². The van der Waals surface area contributed by atoms with E-state index in [4.69, 9.17) is 5.73 Å². The summed E-state index contributed by atoms with van der Waals surface area (Å²) < 4.78 is 1.80. The summed E-state index contributed by atoms with van der Waals surface area (Å²) in [4.78, 5) is 11.5. The molecule has 2 aromatic heterocycles. The third-order valence-corrected chi connectivity index (χ3v) is 2.92. The van der Waals surface area contributed by atoms with E-state index in [2.05, 4.69) is 10.2 Å². The van der Waals surface area contributed by atoms with Gasteiger partial charge in [0.2, 0.25) is 5.95 Å². The van der Waals surface area contributed by atoms with Crippen LogP contribution in [0.5, 0.6) is 0 Å². The van der Waals surface area contributed by atoms with Crippen molar-refractivity contribution in [3.8, 4) is 0 Å². The number of hydrogen-bond donors (Lipinski definition) is 1. The van der Waals surface area contributed by atoms with Gasteiger partial charge in [0.05, 0.1) is 0 Å². The molecule has 0 fully saturated rings. The number of nitrogens with zero attached hydrogens (tertiary/aromatic N) is 3. The van der Waals surface area contributed by atoms with Crippen LogP contribution in [0.2, 0.25) is 0 Å². The molecular weight excluding hydrogens is 240 g/mol. The monoisotopic (exact) mass is 262 g/mol. The third-order valence-electron chi connectivity index (χ3n) is 2.92. The van der Waals surface area contributed by atoms with E-state index < -0.39 is 0 Å². The Hall–Kier alpha value is -1.91. The van der Waals surface area contributed by atoms with Gasteiger partial charge in [0, 0.05) is 24.5 Å². The minimum absolute atomic E-state index is 0.115. The molecule has 0 bridgehead atoms. The number of nitrogens with two attached hydrogens (primary N) is 1. The zero-order chi connectivity index (χ0) is 14.4. The first-order valence-electron chi connectivity index (χ1n) is 6.74. The SMILES string of the molecule is CC.CCC(=O)CC(C)c1cccc2nnc(N)n12. The van der Waals surface area contributed by atoms with Crippen molar-refractivity contribution >= 4 is 17.4 Å². The van der Waals surface area contributed by atoms with Gasteiger partial charge in [-0.1, -0.05) is 33.8 Å². The number of carbonyl (C=O) groups is 1. The molecule has 2 rings (SSSR count). The molecular formula is C14H22N4O. The number of rotatable bonds is 4. The summed E-state index contributed by atoms with van der Waals surface area (Å²) in [6.45, 7) is 7.89. The van der Waals surface area contributed by atoms with Crippen LogP contribution in [0.15, 0.2) is 18.2 Å². The molecule has 19 heavy (non-hydrogen) atoms. The second kappa shape index (κ2) is 6.87. The Balaban J connectivity index is 0.000000861. The van der Waals surface area contributed by atoms with Crippen molar-refractivity contribution in [2.24, 2.45) is 0 Å². The van der Waals surface area contributed by atoms with Crippen LogP contribution in [0.3, 0.4) is 0 Å². The molecule has 5 nitrogen and oxygen atoms in total. The van der Waals surface area contributed by atoms with Crippen molar-refractivity contribution in [2.45, 2.75) is 46.5 Å². The van der Waals surface area contributed by atoms with E-state index in [1.807, 2.05) is 45.9 Å². The molecule has 2 N–H and O–H groups in total. The summed E-state index contributed by atoms with van der Waals surface area (Å²) >= 11 is 0. The van der Waals surface area contributed by atoms with Gasteiger partial charge >= 0.3 is 0 Å². The Morgan fingerprint density at radius 1 is 1.37 bits per heavy atom. The molecule has 0 saturated carbocycles. The van der Waals surface area contributed by atoms with Gasteiger partial charge in [0.15, 0.2) is 5.65 Å². The van der Waals surface area contributed by atoms with Crippen LogP contribution in [0.1, 0.15) is 52.1 Å². The van der Waals surface area contributed by atoms with Gasteiger partial charge in [-0.05, 0) is 12.1 Å². The van der Waals surface area contributed by atoms with Crippen molar-refractivity contribution in [1.29, 1.82) is 0 Å². The highest BCUT2D eigenvalue weighted by Gasteiger charge is 2.15. The zero-order valence-electron chi connectivity index (χ0n) is 12.1. The van der Waals surface area contributed by atoms with E-state index in [1.165, 1.54) is 0 Å². The Morgan fingerprint density at radius 2 is 2.05 bits per heavy atom. The third kappa shape index (κ3) is 3.30. The summed E-state index contributed by atoms with van der Waals surface area (Å²) in [7, 11) is 0. The second-order valence-corrected chi connectivity index (χ2v) is 4.20. The molecule has 5 heteroatoms. The molecule has 104 valence electrons. The van der Waals surface area contributed by atoms with Crippen LogP contribution < -0.4 is 5.73 Å². The number of carbonyl (C=O) groups excluding carboxylic acids is 1. The van der Waals surface area contributed by atoms with Crippen LogP contribution in [0.25, 0.3) is 5.65 Å². The maximum absolute atomic E-state index is 11.5. The van der Waals surface area contributed by atoms with Crippen LogP contribution in [-0.2, 0) is 4.79 Å². The van der Waals surface area contributed by atoms with Crippen LogP contribution in [0, 0.1) is 0 Å². The smallest absolute Gasteiger partial charge is 0.226 e. The van der Waals surface area contributed by atoms with Crippen LogP contribution in [-0.4, -0.2) is 20.4 Å². The van der Waals surface area contributed by atoms with Crippen molar-refractivity contribution in [1.82, 2.24) is 14.6 Å². The van der Waals surface area contributed by atoms with E-state index in [0.29, 0.717) is 18.8 Å². The maximum Gasteiger partial charge on any atom is 0.226 e. The zero-order valence-corrected chi connectivity index (χ0v) is 12.1. The Labute approximate surface area is 113 Å². The normalized spacial score (nSPS) is 11.8. The van der Waals surface area contributed by atoms with Gasteiger partial charge in [-0.3, -0.25) is 9.20 Å². The summed E-state index contributed by atoms with van der Waals surface area (Å²) in [5.41, 5.74) is 7.48. The topological polar surface area (TPSA) is 73.3 Å². The summed E-state index contributed by atoms with van der Waals surface area (Å²) in [5.74, 6) is 0.733. The average Bonchev–Trinajstić information content (AvgIpc) is 2.82. The van der Waals surface area contributed by atoms with Crippen molar-refractivity contribution in [2.75, 3.05) is 5.73 Å². The van der Waals surface area contributed by atoms with E-state index in [0.717, 1.165) is 11.3 Å². The highest BCUT2D eigenvalue weighted by atomic mass is 16.1. The molecule has 2 aromatic rings. The van der Waals surface area contributed by atoms with Gasteiger partial charge in [-0.15, -0.1) is 10.2 Å². The first kappa shape index (κ1) is 15.1. The molecule has 0 aromatic carbocycles. The second-order valence-electron chi connectivity index (χ2n) is 4.20. The molecule has 0 aliphatic heterocycles. The quantitative estimate of drug-likeness (QED) is 0.919. The number of anilines is 1. The maximum atomic E-state index is 11.5. The number of aromatic nitrogens is 3. The van der Waals surface area contributed by atoms with E-state index in [-0.39, 0.29) is 11.7 Å². The minimum Gasteiger partial charge on any atom is -0.368 e. The molecule has 1 unspecified atom stereocenters. The number of hydrogen-bond acceptors (Lipinski definition) is 4. The Morgan fingerprint density at radius 3 is 2.68 bits per heavy atom. The lowest BCUT2D eigenvalue weighted by Gasteiger charge is -2.13.